The maximum absolute atomic E-state index is 14.3. The number of ether oxygens (including phenoxy) is 2. The van der Waals surface area contributed by atoms with Crippen LogP contribution in [0.4, 0.5) is 0 Å². The van der Waals surface area contributed by atoms with Crippen molar-refractivity contribution in [3.63, 3.8) is 0 Å². The van der Waals surface area contributed by atoms with Crippen LogP contribution in [-0.2, 0) is 40.5 Å². The molecule has 2 aromatic carbocycles. The number of quaternary nitrogens is 1. The molecule has 3 saturated heterocycles. The molecular formula is C26H31N5O8S. The zero-order valence-electron chi connectivity index (χ0n) is 21.6. The molecule has 14 heteroatoms. The van der Waals surface area contributed by atoms with E-state index in [2.05, 4.69) is 15.4 Å². The number of carbonyl (C=O) groups excluding carboxylic acids is 3. The number of hydrogen-bond donors (Lipinski definition) is 3. The minimum Gasteiger partial charge on any atom is -0.605 e. The summed E-state index contributed by atoms with van der Waals surface area (Å²) in [5, 5.41) is 21.0. The normalized spacial score (nSPS) is 28.9. The number of benzene rings is 2. The smallest absolute Gasteiger partial charge is 0.310 e. The molecule has 214 valence electrons. The molecule has 0 aromatic heterocycles. The minimum absolute atomic E-state index is 0.0141. The maximum Gasteiger partial charge on any atom is 0.310 e. The summed E-state index contributed by atoms with van der Waals surface area (Å²) in [7, 11) is -4.07. The third-order valence-corrected chi connectivity index (χ3v) is 8.69. The molecule has 13 nitrogen and oxygen atoms in total. The van der Waals surface area contributed by atoms with Crippen LogP contribution in [0.25, 0.3) is 0 Å². The largest absolute Gasteiger partial charge is 0.605 e. The summed E-state index contributed by atoms with van der Waals surface area (Å²) >= 11 is 0. The molecule has 0 aliphatic carbocycles. The average molecular weight is 574 g/mol. The molecule has 3 aliphatic heterocycles. The van der Waals surface area contributed by atoms with Gasteiger partial charge in [0.15, 0.2) is 6.17 Å². The van der Waals surface area contributed by atoms with Gasteiger partial charge in [-0.3, -0.25) is 19.7 Å². The van der Waals surface area contributed by atoms with Crippen molar-refractivity contribution < 1.29 is 37.0 Å². The molecule has 5 atom stereocenters. The number of carbonyl (C=O) groups is 3. The van der Waals surface area contributed by atoms with Crippen LogP contribution in [0, 0.1) is 11.1 Å². The van der Waals surface area contributed by atoms with Crippen molar-refractivity contribution in [2.24, 2.45) is 5.92 Å². The molecule has 0 radical (unpaired) electrons. The van der Waals surface area contributed by atoms with E-state index in [1.807, 2.05) is 30.3 Å². The van der Waals surface area contributed by atoms with Crippen LogP contribution in [0.5, 0.6) is 0 Å². The number of sulfonamides is 1. The molecule has 0 bridgehead atoms. The van der Waals surface area contributed by atoms with Gasteiger partial charge < -0.3 is 20.0 Å². The number of nitrogens with one attached hydrogen (secondary N) is 3. The van der Waals surface area contributed by atoms with E-state index < -0.39 is 63.5 Å². The first kappa shape index (κ1) is 28.1. The van der Waals surface area contributed by atoms with Crippen molar-refractivity contribution >= 4 is 27.8 Å². The molecule has 2 aromatic rings. The molecule has 0 saturated carbocycles. The summed E-state index contributed by atoms with van der Waals surface area (Å²) in [5.41, 5.74) is 0.861. The van der Waals surface area contributed by atoms with Gasteiger partial charge in [0.2, 0.25) is 22.2 Å². The third-order valence-electron chi connectivity index (χ3n) is 7.21. The number of hydrogen-bond acceptors (Lipinski definition) is 9. The lowest BCUT2D eigenvalue weighted by Crippen LogP contribution is -2.72. The first-order valence-corrected chi connectivity index (χ1v) is 14.5. The summed E-state index contributed by atoms with van der Waals surface area (Å²) in [6.07, 6.45) is -2.39. The number of amides is 2. The van der Waals surface area contributed by atoms with Crippen LogP contribution in [0.3, 0.4) is 0 Å². The van der Waals surface area contributed by atoms with Crippen molar-refractivity contribution in [3.8, 4) is 0 Å². The predicted octanol–water partition coefficient (Wildman–Crippen LogP) is 0.295. The Morgan fingerprint density at radius 2 is 1.82 bits per heavy atom. The lowest BCUT2D eigenvalue weighted by atomic mass is 10.1. The minimum atomic E-state index is -4.07. The van der Waals surface area contributed by atoms with Gasteiger partial charge in [-0.05, 0) is 17.7 Å². The van der Waals surface area contributed by atoms with Crippen LogP contribution in [0.1, 0.15) is 24.8 Å². The fourth-order valence-electron chi connectivity index (χ4n) is 5.13. The first-order valence-electron chi connectivity index (χ1n) is 13.0. The van der Waals surface area contributed by atoms with Crippen LogP contribution in [0.15, 0.2) is 65.6 Å². The molecule has 2 amide bonds. The SMILES string of the molecule is O=C1CC(NC(=O)C2CNCN3C(=O)CCC(NS(=O)(=O)c4ccccc4)[N+]3([O-])C2)C(OCc2ccccc2)O1. The molecule has 3 N–H and O–H groups in total. The molecule has 5 unspecified atom stereocenters. The number of nitrogens with zero attached hydrogens (tertiary/aromatic N) is 2. The molecule has 3 aliphatic rings. The van der Waals surface area contributed by atoms with E-state index in [1.54, 1.807) is 18.2 Å². The van der Waals surface area contributed by atoms with Gasteiger partial charge in [0.05, 0.1) is 17.9 Å². The summed E-state index contributed by atoms with van der Waals surface area (Å²) in [4.78, 5) is 38.1. The third kappa shape index (κ3) is 6.01. The highest BCUT2D eigenvalue weighted by molar-refractivity contribution is 7.89. The number of esters is 1. The van der Waals surface area contributed by atoms with Crippen LogP contribution >= 0.6 is 0 Å². The van der Waals surface area contributed by atoms with Crippen molar-refractivity contribution in [3.05, 3.63) is 71.4 Å². The van der Waals surface area contributed by atoms with Crippen LogP contribution in [-0.4, -0.2) is 74.2 Å². The molecule has 40 heavy (non-hydrogen) atoms. The molecular weight excluding hydrogens is 542 g/mol. The van der Waals surface area contributed by atoms with Gasteiger partial charge in [-0.2, -0.15) is 9.73 Å². The molecule has 3 heterocycles. The standard InChI is InChI=1S/C26H31N5O8S/c32-23-12-11-22(29-40(36,37)20-9-5-2-6-10-20)31(35)15-19(14-27-17-30(23)31)25(34)28-21-13-24(33)39-26(21)38-16-18-7-3-1-4-8-18/h1-10,19,21-22,26-27,29H,11-17H2,(H,28,34). The maximum atomic E-state index is 14.3. The summed E-state index contributed by atoms with van der Waals surface area (Å²) in [6.45, 7) is -0.322. The van der Waals surface area contributed by atoms with Gasteiger partial charge in [0.25, 0.3) is 5.91 Å². The van der Waals surface area contributed by atoms with E-state index in [4.69, 9.17) is 9.47 Å². The Kier molecular flexibility index (Phi) is 8.16. The zero-order chi connectivity index (χ0) is 28.3. The van der Waals surface area contributed by atoms with Gasteiger partial charge >= 0.3 is 5.97 Å². The fraction of sp³-hybridized carbons (Fsp3) is 0.423. The van der Waals surface area contributed by atoms with Crippen molar-refractivity contribution in [2.75, 3.05) is 19.8 Å². The highest BCUT2D eigenvalue weighted by atomic mass is 32.2. The van der Waals surface area contributed by atoms with E-state index in [1.165, 1.54) is 12.1 Å². The second-order valence-corrected chi connectivity index (χ2v) is 11.7. The van der Waals surface area contributed by atoms with E-state index in [-0.39, 0.29) is 44.0 Å². The molecule has 5 rings (SSSR count). The van der Waals surface area contributed by atoms with Crippen LogP contribution in [0.2, 0.25) is 0 Å². The van der Waals surface area contributed by atoms with Crippen LogP contribution < -0.4 is 15.4 Å². The summed E-state index contributed by atoms with van der Waals surface area (Å²) in [5.74, 6) is -2.45. The van der Waals surface area contributed by atoms with Crippen molar-refractivity contribution in [2.45, 2.75) is 49.3 Å². The first-order chi connectivity index (χ1) is 19.2. The second kappa shape index (κ2) is 11.6. The van der Waals surface area contributed by atoms with Gasteiger partial charge in [-0.1, -0.05) is 48.5 Å². The zero-order valence-corrected chi connectivity index (χ0v) is 22.4. The second-order valence-electron chi connectivity index (χ2n) is 10.0. The summed E-state index contributed by atoms with van der Waals surface area (Å²) < 4.78 is 38.2. The molecule has 3 fully saturated rings. The highest BCUT2D eigenvalue weighted by Crippen LogP contribution is 2.30. The number of rotatable bonds is 8. The van der Waals surface area contributed by atoms with Crippen molar-refractivity contribution in [1.82, 2.24) is 20.4 Å². The van der Waals surface area contributed by atoms with E-state index in [0.717, 1.165) is 10.6 Å². The Morgan fingerprint density at radius 1 is 1.12 bits per heavy atom. The topological polar surface area (TPSA) is 166 Å². The Labute approximate surface area is 231 Å². The van der Waals surface area contributed by atoms with Gasteiger partial charge in [-0.15, -0.1) is 0 Å². The van der Waals surface area contributed by atoms with E-state index in [0.29, 0.717) is 0 Å². The fourth-order valence-corrected chi connectivity index (χ4v) is 6.42. The van der Waals surface area contributed by atoms with Gasteiger partial charge in [0, 0.05) is 19.4 Å². The van der Waals surface area contributed by atoms with E-state index >= 15 is 0 Å². The number of cyclic esters (lactones) is 1. The number of fused-ring (bicyclic) bond motifs is 1. The molecule has 0 spiro atoms. The lowest BCUT2D eigenvalue weighted by molar-refractivity contribution is -1.01. The van der Waals surface area contributed by atoms with Crippen molar-refractivity contribution in [1.29, 1.82) is 0 Å². The quantitative estimate of drug-likeness (QED) is 0.229. The number of hydroxylamine groups is 2. The highest BCUT2D eigenvalue weighted by Gasteiger charge is 2.49. The van der Waals surface area contributed by atoms with Gasteiger partial charge in [-0.25, -0.2) is 13.2 Å². The lowest BCUT2D eigenvalue weighted by Gasteiger charge is -2.55. The monoisotopic (exact) mass is 573 g/mol. The Bertz CT molecular complexity index is 1350. The average Bonchev–Trinajstić information content (AvgIpc) is 3.17. The predicted molar refractivity (Wildman–Crippen MR) is 139 cm³/mol. The van der Waals surface area contributed by atoms with E-state index in [9.17, 15) is 28.0 Å². The Balaban J connectivity index is 1.30. The van der Waals surface area contributed by atoms with Gasteiger partial charge in [0.1, 0.15) is 25.2 Å². The Hall–Kier alpha value is -3.40. The Morgan fingerprint density at radius 3 is 2.55 bits per heavy atom. The summed E-state index contributed by atoms with van der Waals surface area (Å²) in [6, 6.07) is 16.1.